The predicted molar refractivity (Wildman–Crippen MR) is 51.5 cm³/mol. The summed E-state index contributed by atoms with van der Waals surface area (Å²) < 4.78 is 0. The summed E-state index contributed by atoms with van der Waals surface area (Å²) in [6.45, 7) is 0. The Morgan fingerprint density at radius 1 is 1.23 bits per heavy atom. The standard InChI is InChI=1S/C10H18N2O/c1-11-9(13)12-8-2-4-10(5-3-8)6-7-10/h8H,2-7H2,1H3,(H2,11,12,13). The van der Waals surface area contributed by atoms with Gasteiger partial charge in [0.1, 0.15) is 0 Å². The van der Waals surface area contributed by atoms with E-state index in [-0.39, 0.29) is 6.03 Å². The van der Waals surface area contributed by atoms with E-state index < -0.39 is 0 Å². The molecule has 2 saturated carbocycles. The summed E-state index contributed by atoms with van der Waals surface area (Å²) in [4.78, 5) is 11.0. The first-order valence-corrected chi connectivity index (χ1v) is 5.22. The molecule has 2 aliphatic carbocycles. The Morgan fingerprint density at radius 3 is 2.31 bits per heavy atom. The zero-order valence-corrected chi connectivity index (χ0v) is 8.23. The highest BCUT2D eigenvalue weighted by Crippen LogP contribution is 2.55. The molecular weight excluding hydrogens is 164 g/mol. The minimum Gasteiger partial charge on any atom is -0.341 e. The molecular formula is C10H18N2O. The second-order valence-corrected chi connectivity index (χ2v) is 4.50. The van der Waals surface area contributed by atoms with Gasteiger partial charge in [0.25, 0.3) is 0 Å². The maximum absolute atomic E-state index is 11.0. The van der Waals surface area contributed by atoms with Crippen LogP contribution in [0.4, 0.5) is 4.79 Å². The van der Waals surface area contributed by atoms with Crippen molar-refractivity contribution in [2.75, 3.05) is 7.05 Å². The van der Waals surface area contributed by atoms with Crippen molar-refractivity contribution in [3.63, 3.8) is 0 Å². The molecule has 1 spiro atoms. The molecule has 0 atom stereocenters. The van der Waals surface area contributed by atoms with Crippen molar-refractivity contribution in [2.24, 2.45) is 5.41 Å². The van der Waals surface area contributed by atoms with Crippen molar-refractivity contribution in [3.05, 3.63) is 0 Å². The molecule has 3 heteroatoms. The average molecular weight is 182 g/mol. The van der Waals surface area contributed by atoms with E-state index in [4.69, 9.17) is 0 Å². The number of amides is 2. The van der Waals surface area contributed by atoms with Crippen LogP contribution in [0.2, 0.25) is 0 Å². The first kappa shape index (κ1) is 8.85. The summed E-state index contributed by atoms with van der Waals surface area (Å²) >= 11 is 0. The lowest BCUT2D eigenvalue weighted by atomic mass is 9.83. The monoisotopic (exact) mass is 182 g/mol. The maximum Gasteiger partial charge on any atom is 0.314 e. The number of rotatable bonds is 1. The van der Waals surface area contributed by atoms with E-state index in [1.54, 1.807) is 7.05 Å². The molecule has 0 unspecified atom stereocenters. The van der Waals surface area contributed by atoms with E-state index in [1.807, 2.05) is 0 Å². The fourth-order valence-electron chi connectivity index (χ4n) is 2.31. The summed E-state index contributed by atoms with van der Waals surface area (Å²) in [5, 5.41) is 5.58. The molecule has 2 N–H and O–H groups in total. The molecule has 0 radical (unpaired) electrons. The molecule has 74 valence electrons. The summed E-state index contributed by atoms with van der Waals surface area (Å²) in [6.07, 6.45) is 7.85. The third-order valence-corrected chi connectivity index (χ3v) is 3.57. The van der Waals surface area contributed by atoms with Gasteiger partial charge in [0, 0.05) is 13.1 Å². The van der Waals surface area contributed by atoms with E-state index in [2.05, 4.69) is 10.6 Å². The normalized spacial score (nSPS) is 25.6. The number of hydrogen-bond donors (Lipinski definition) is 2. The topological polar surface area (TPSA) is 41.1 Å². The van der Waals surface area contributed by atoms with Crippen LogP contribution in [0.5, 0.6) is 0 Å². The molecule has 0 bridgehead atoms. The zero-order valence-electron chi connectivity index (χ0n) is 8.23. The minimum absolute atomic E-state index is 0.0308. The lowest BCUT2D eigenvalue weighted by Gasteiger charge is -2.28. The molecule has 3 nitrogen and oxygen atoms in total. The van der Waals surface area contributed by atoms with Crippen LogP contribution in [0.3, 0.4) is 0 Å². The Morgan fingerprint density at radius 2 is 1.85 bits per heavy atom. The van der Waals surface area contributed by atoms with Gasteiger partial charge in [0.05, 0.1) is 0 Å². The van der Waals surface area contributed by atoms with E-state index >= 15 is 0 Å². The summed E-state index contributed by atoms with van der Waals surface area (Å²) in [5.41, 5.74) is 0.723. The Kier molecular flexibility index (Phi) is 2.18. The number of carbonyl (C=O) groups excluding carboxylic acids is 1. The van der Waals surface area contributed by atoms with Crippen molar-refractivity contribution < 1.29 is 4.79 Å². The minimum atomic E-state index is -0.0308. The van der Waals surface area contributed by atoms with Gasteiger partial charge < -0.3 is 10.6 Å². The van der Waals surface area contributed by atoms with Crippen LogP contribution in [0.25, 0.3) is 0 Å². The Balaban J connectivity index is 1.74. The second-order valence-electron chi connectivity index (χ2n) is 4.50. The fraction of sp³-hybridized carbons (Fsp3) is 0.900. The second kappa shape index (κ2) is 3.20. The zero-order chi connectivity index (χ0) is 9.31. The van der Waals surface area contributed by atoms with Gasteiger partial charge in [-0.2, -0.15) is 0 Å². The van der Waals surface area contributed by atoms with Crippen LogP contribution in [-0.2, 0) is 0 Å². The van der Waals surface area contributed by atoms with E-state index in [1.165, 1.54) is 38.5 Å². The Hall–Kier alpha value is -0.730. The number of carbonyl (C=O) groups is 1. The van der Waals surface area contributed by atoms with Crippen molar-refractivity contribution in [2.45, 2.75) is 44.6 Å². The highest BCUT2D eigenvalue weighted by molar-refractivity contribution is 5.73. The van der Waals surface area contributed by atoms with Crippen molar-refractivity contribution in [1.29, 1.82) is 0 Å². The highest BCUT2D eigenvalue weighted by atomic mass is 16.2. The van der Waals surface area contributed by atoms with E-state index in [0.717, 1.165) is 5.41 Å². The van der Waals surface area contributed by atoms with Crippen LogP contribution in [-0.4, -0.2) is 19.1 Å². The summed E-state index contributed by atoms with van der Waals surface area (Å²) in [6, 6.07) is 0.392. The molecule has 2 aliphatic rings. The van der Waals surface area contributed by atoms with Crippen LogP contribution in [0.15, 0.2) is 0 Å². The molecule has 0 aromatic rings. The van der Waals surface area contributed by atoms with Gasteiger partial charge in [-0.1, -0.05) is 0 Å². The van der Waals surface area contributed by atoms with E-state index in [9.17, 15) is 4.79 Å². The Bertz CT molecular complexity index is 201. The van der Waals surface area contributed by atoms with Gasteiger partial charge in [-0.05, 0) is 43.9 Å². The van der Waals surface area contributed by atoms with Crippen LogP contribution < -0.4 is 10.6 Å². The predicted octanol–water partition coefficient (Wildman–Crippen LogP) is 1.64. The van der Waals surface area contributed by atoms with Gasteiger partial charge in [0.15, 0.2) is 0 Å². The van der Waals surface area contributed by atoms with Crippen molar-refractivity contribution in [3.8, 4) is 0 Å². The summed E-state index contributed by atoms with van der Waals surface area (Å²) in [5.74, 6) is 0. The van der Waals surface area contributed by atoms with E-state index in [0.29, 0.717) is 6.04 Å². The lowest BCUT2D eigenvalue weighted by Crippen LogP contribution is -2.42. The van der Waals surface area contributed by atoms with Gasteiger partial charge >= 0.3 is 6.03 Å². The molecule has 2 amide bonds. The fourth-order valence-corrected chi connectivity index (χ4v) is 2.31. The first-order chi connectivity index (χ1) is 6.24. The maximum atomic E-state index is 11.0. The van der Waals surface area contributed by atoms with Crippen LogP contribution in [0.1, 0.15) is 38.5 Å². The smallest absolute Gasteiger partial charge is 0.314 e. The third kappa shape index (κ3) is 1.95. The van der Waals surface area contributed by atoms with Gasteiger partial charge in [-0.15, -0.1) is 0 Å². The van der Waals surface area contributed by atoms with Gasteiger partial charge in [-0.25, -0.2) is 4.79 Å². The molecule has 13 heavy (non-hydrogen) atoms. The molecule has 2 fully saturated rings. The molecule has 0 aromatic carbocycles. The highest BCUT2D eigenvalue weighted by Gasteiger charge is 2.44. The van der Waals surface area contributed by atoms with Gasteiger partial charge in [-0.3, -0.25) is 0 Å². The molecule has 0 aromatic heterocycles. The van der Waals surface area contributed by atoms with Crippen LogP contribution >= 0.6 is 0 Å². The number of urea groups is 1. The lowest BCUT2D eigenvalue weighted by molar-refractivity contribution is 0.226. The number of nitrogens with one attached hydrogen (secondary N) is 2. The SMILES string of the molecule is CNC(=O)NC1CCC2(CC1)CC2. The quantitative estimate of drug-likeness (QED) is 0.636. The molecule has 2 rings (SSSR count). The molecule has 0 saturated heterocycles. The first-order valence-electron chi connectivity index (χ1n) is 5.22. The molecule has 0 heterocycles. The average Bonchev–Trinajstić information content (AvgIpc) is 2.90. The van der Waals surface area contributed by atoms with Crippen molar-refractivity contribution in [1.82, 2.24) is 10.6 Å². The number of hydrogen-bond acceptors (Lipinski definition) is 1. The largest absolute Gasteiger partial charge is 0.341 e. The summed E-state index contributed by atoms with van der Waals surface area (Å²) in [7, 11) is 1.67. The van der Waals surface area contributed by atoms with Crippen molar-refractivity contribution >= 4 is 6.03 Å². The third-order valence-electron chi connectivity index (χ3n) is 3.57. The Labute approximate surface area is 79.3 Å². The molecule has 0 aliphatic heterocycles. The van der Waals surface area contributed by atoms with Crippen LogP contribution in [0, 0.1) is 5.41 Å². The van der Waals surface area contributed by atoms with Gasteiger partial charge in [0.2, 0.25) is 0 Å².